The second kappa shape index (κ2) is 10.9. The van der Waals surface area contributed by atoms with E-state index in [9.17, 15) is 14.4 Å². The van der Waals surface area contributed by atoms with Gasteiger partial charge in [0.15, 0.2) is 0 Å². The van der Waals surface area contributed by atoms with E-state index in [0.29, 0.717) is 28.2 Å². The molecular formula is C34H23FN2O4. The zero-order valence-corrected chi connectivity index (χ0v) is 21.7. The molecule has 1 aliphatic heterocycles. The summed E-state index contributed by atoms with van der Waals surface area (Å²) in [5.74, 6) is -0.143. The number of nitrogens with two attached hydrogens (primary N) is 1. The highest BCUT2D eigenvalue weighted by molar-refractivity contribution is 6.05. The number of rotatable bonds is 6. The van der Waals surface area contributed by atoms with Crippen LogP contribution in [0.1, 0.15) is 33.0 Å². The first-order valence-electron chi connectivity index (χ1n) is 12.9. The largest absolute Gasteiger partial charge is 0.489 e. The van der Waals surface area contributed by atoms with Crippen LogP contribution in [0.4, 0.5) is 4.39 Å². The fourth-order valence-electron chi connectivity index (χ4n) is 4.94. The molecule has 0 saturated heterocycles. The second-order valence-electron chi connectivity index (χ2n) is 9.49. The molecule has 0 radical (unpaired) electrons. The minimum atomic E-state index is -0.507. The van der Waals surface area contributed by atoms with Gasteiger partial charge in [-0.1, -0.05) is 72.8 Å². The van der Waals surface area contributed by atoms with E-state index in [4.69, 9.17) is 19.9 Å². The van der Waals surface area contributed by atoms with Gasteiger partial charge in [-0.25, -0.2) is 9.18 Å². The highest BCUT2D eigenvalue weighted by atomic mass is 19.1. The standard InChI is InChI=1S/C34H23FN2O4/c35-30-11-4-2-7-23(30)20-39-24-14-12-22(13-15-24)32-28-17-16-25(18-31(28)41-33(37)29(32)19-36)40-34(38)27-10-5-8-21-6-1-3-9-26(21)27/h1-18,32H,20,37H2. The molecule has 6 nitrogen and oxygen atoms in total. The number of fused-ring (bicyclic) bond motifs is 2. The summed E-state index contributed by atoms with van der Waals surface area (Å²) in [5.41, 5.74) is 8.80. The summed E-state index contributed by atoms with van der Waals surface area (Å²) in [6.45, 7) is 0.0860. The molecular weight excluding hydrogens is 519 g/mol. The van der Waals surface area contributed by atoms with Crippen molar-refractivity contribution in [2.24, 2.45) is 5.73 Å². The second-order valence-corrected chi connectivity index (χ2v) is 9.49. The van der Waals surface area contributed by atoms with Gasteiger partial charge in [0.25, 0.3) is 0 Å². The van der Waals surface area contributed by atoms with E-state index in [-0.39, 0.29) is 29.6 Å². The quantitative estimate of drug-likeness (QED) is 0.183. The van der Waals surface area contributed by atoms with Crippen LogP contribution in [0.25, 0.3) is 10.8 Å². The van der Waals surface area contributed by atoms with Gasteiger partial charge in [-0.05, 0) is 46.7 Å². The fourth-order valence-corrected chi connectivity index (χ4v) is 4.94. The van der Waals surface area contributed by atoms with E-state index < -0.39 is 11.9 Å². The molecule has 5 aromatic carbocycles. The number of allylic oxidation sites excluding steroid dienone is 1. The Hall–Kier alpha value is -5.61. The fraction of sp³-hybridized carbons (Fsp3) is 0.0588. The van der Waals surface area contributed by atoms with Gasteiger partial charge in [0.1, 0.15) is 41.3 Å². The molecule has 0 bridgehead atoms. The number of hydrogen-bond donors (Lipinski definition) is 1. The molecule has 0 spiro atoms. The average Bonchev–Trinajstić information content (AvgIpc) is 3.00. The first kappa shape index (κ1) is 25.7. The van der Waals surface area contributed by atoms with Crippen LogP contribution in [0, 0.1) is 17.1 Å². The van der Waals surface area contributed by atoms with Crippen molar-refractivity contribution in [2.45, 2.75) is 12.5 Å². The van der Waals surface area contributed by atoms with Crippen LogP contribution in [0.3, 0.4) is 0 Å². The number of nitrogens with zero attached hydrogens (tertiary/aromatic N) is 1. The Morgan fingerprint density at radius 1 is 0.902 bits per heavy atom. The number of ether oxygens (including phenoxy) is 3. The van der Waals surface area contributed by atoms with Crippen LogP contribution in [0.5, 0.6) is 17.2 Å². The Bertz CT molecular complexity index is 1850. The first-order chi connectivity index (χ1) is 20.0. The smallest absolute Gasteiger partial charge is 0.344 e. The van der Waals surface area contributed by atoms with Gasteiger partial charge in [0.2, 0.25) is 5.88 Å². The van der Waals surface area contributed by atoms with E-state index in [1.807, 2.05) is 48.5 Å². The van der Waals surface area contributed by atoms with Gasteiger partial charge in [-0.2, -0.15) is 5.26 Å². The summed E-state index contributed by atoms with van der Waals surface area (Å²) in [6, 6.07) is 33.9. The van der Waals surface area contributed by atoms with Crippen molar-refractivity contribution in [2.75, 3.05) is 0 Å². The number of carbonyl (C=O) groups excluding carboxylic acids is 1. The molecule has 5 aromatic rings. The number of nitriles is 1. The lowest BCUT2D eigenvalue weighted by Gasteiger charge is -2.27. The predicted octanol–water partition coefficient (Wildman–Crippen LogP) is 7.00. The highest BCUT2D eigenvalue weighted by Gasteiger charge is 2.31. The van der Waals surface area contributed by atoms with E-state index in [1.165, 1.54) is 6.07 Å². The van der Waals surface area contributed by atoms with Crippen molar-refractivity contribution >= 4 is 16.7 Å². The van der Waals surface area contributed by atoms with Gasteiger partial charge in [0.05, 0.1) is 11.5 Å². The van der Waals surface area contributed by atoms with Gasteiger partial charge in [-0.15, -0.1) is 0 Å². The van der Waals surface area contributed by atoms with E-state index in [1.54, 1.807) is 54.6 Å². The molecule has 1 aliphatic rings. The Kier molecular flexibility index (Phi) is 6.80. The van der Waals surface area contributed by atoms with Crippen molar-refractivity contribution < 1.29 is 23.4 Å². The number of esters is 1. The van der Waals surface area contributed by atoms with Crippen molar-refractivity contribution in [3.8, 4) is 23.3 Å². The number of halogens is 1. The van der Waals surface area contributed by atoms with E-state index in [2.05, 4.69) is 6.07 Å². The molecule has 0 aliphatic carbocycles. The van der Waals surface area contributed by atoms with Crippen LogP contribution >= 0.6 is 0 Å². The molecule has 0 amide bonds. The van der Waals surface area contributed by atoms with Crippen molar-refractivity contribution in [3.63, 3.8) is 0 Å². The lowest BCUT2D eigenvalue weighted by atomic mass is 9.83. The van der Waals surface area contributed by atoms with Gasteiger partial charge >= 0.3 is 5.97 Å². The Balaban J connectivity index is 1.25. The molecule has 41 heavy (non-hydrogen) atoms. The number of hydrogen-bond acceptors (Lipinski definition) is 6. The van der Waals surface area contributed by atoms with E-state index >= 15 is 0 Å². The van der Waals surface area contributed by atoms with Crippen LogP contribution in [-0.2, 0) is 6.61 Å². The highest BCUT2D eigenvalue weighted by Crippen LogP contribution is 2.43. The summed E-state index contributed by atoms with van der Waals surface area (Å²) in [5, 5.41) is 11.6. The molecule has 2 N–H and O–H groups in total. The lowest BCUT2D eigenvalue weighted by molar-refractivity contribution is 0.0736. The molecule has 0 saturated carbocycles. The summed E-state index contributed by atoms with van der Waals surface area (Å²) >= 11 is 0. The van der Waals surface area contributed by atoms with Crippen LogP contribution in [0.2, 0.25) is 0 Å². The normalized spacial score (nSPS) is 14.1. The maximum Gasteiger partial charge on any atom is 0.344 e. The minimum Gasteiger partial charge on any atom is -0.489 e. The Morgan fingerprint density at radius 2 is 1.63 bits per heavy atom. The van der Waals surface area contributed by atoms with Gasteiger partial charge in [0, 0.05) is 17.2 Å². The molecule has 0 aromatic heterocycles. The average molecular weight is 543 g/mol. The van der Waals surface area contributed by atoms with Crippen molar-refractivity contribution in [1.82, 2.24) is 0 Å². The molecule has 1 atom stereocenters. The van der Waals surface area contributed by atoms with Crippen LogP contribution in [0.15, 0.2) is 121 Å². The molecule has 7 heteroatoms. The third-order valence-electron chi connectivity index (χ3n) is 6.98. The Morgan fingerprint density at radius 3 is 2.44 bits per heavy atom. The first-order valence-corrected chi connectivity index (χ1v) is 12.9. The van der Waals surface area contributed by atoms with Gasteiger partial charge < -0.3 is 19.9 Å². The summed E-state index contributed by atoms with van der Waals surface area (Å²) in [6.07, 6.45) is 0. The third-order valence-corrected chi connectivity index (χ3v) is 6.98. The SMILES string of the molecule is N#CC1=C(N)Oc2cc(OC(=O)c3cccc4ccccc34)ccc2C1c1ccc(OCc2ccccc2F)cc1. The van der Waals surface area contributed by atoms with Gasteiger partial charge in [-0.3, -0.25) is 0 Å². The van der Waals surface area contributed by atoms with Crippen LogP contribution in [-0.4, -0.2) is 5.97 Å². The third kappa shape index (κ3) is 5.07. The van der Waals surface area contributed by atoms with Crippen molar-refractivity contribution in [1.29, 1.82) is 5.26 Å². The molecule has 6 rings (SSSR count). The maximum absolute atomic E-state index is 13.9. The zero-order chi connectivity index (χ0) is 28.3. The summed E-state index contributed by atoms with van der Waals surface area (Å²) < 4.78 is 31.2. The maximum atomic E-state index is 13.9. The number of benzene rings is 5. The summed E-state index contributed by atoms with van der Waals surface area (Å²) in [4.78, 5) is 13.1. The molecule has 1 unspecified atom stereocenters. The number of carbonyl (C=O) groups is 1. The van der Waals surface area contributed by atoms with E-state index in [0.717, 1.165) is 16.3 Å². The topological polar surface area (TPSA) is 94.6 Å². The minimum absolute atomic E-state index is 0.0255. The monoisotopic (exact) mass is 542 g/mol. The molecule has 200 valence electrons. The Labute approximate surface area is 235 Å². The molecule has 0 fully saturated rings. The zero-order valence-electron chi connectivity index (χ0n) is 21.7. The van der Waals surface area contributed by atoms with Crippen LogP contribution < -0.4 is 19.9 Å². The molecule has 1 heterocycles. The lowest BCUT2D eigenvalue weighted by Crippen LogP contribution is -2.21. The predicted molar refractivity (Wildman–Crippen MR) is 152 cm³/mol. The summed E-state index contributed by atoms with van der Waals surface area (Å²) in [7, 11) is 0. The van der Waals surface area contributed by atoms with Crippen molar-refractivity contribution in [3.05, 3.63) is 149 Å².